The summed E-state index contributed by atoms with van der Waals surface area (Å²) in [7, 11) is -3.13. The van der Waals surface area contributed by atoms with Crippen molar-refractivity contribution in [3.05, 3.63) is 34.4 Å². The number of carbonyl (C=O) groups is 2. The molecule has 0 atom stereocenters. The van der Waals surface area contributed by atoms with Crippen LogP contribution in [-0.4, -0.2) is 61.3 Å². The van der Waals surface area contributed by atoms with E-state index in [1.807, 2.05) is 29.2 Å². The Morgan fingerprint density at radius 1 is 1.23 bits per heavy atom. The number of rotatable bonds is 5. The number of carbonyl (C=O) groups excluding carboxylic acids is 2. The van der Waals surface area contributed by atoms with Crippen molar-refractivity contribution >= 4 is 48.5 Å². The maximum Gasteiger partial charge on any atom is 0.267 e. The zero-order valence-corrected chi connectivity index (χ0v) is 20.0. The van der Waals surface area contributed by atoms with E-state index in [1.165, 1.54) is 0 Å². The van der Waals surface area contributed by atoms with Crippen molar-refractivity contribution in [1.82, 2.24) is 15.2 Å². The van der Waals surface area contributed by atoms with Crippen LogP contribution in [0.3, 0.4) is 0 Å². The van der Waals surface area contributed by atoms with Crippen LogP contribution in [0.1, 0.15) is 49.0 Å². The fraction of sp³-hybridized carbons (Fsp3) is 0.545. The Bertz CT molecular complexity index is 1100. The molecule has 1 aromatic heterocycles. The molecule has 2 aliphatic rings. The van der Waals surface area contributed by atoms with Gasteiger partial charge in [-0.3, -0.25) is 9.59 Å². The van der Waals surface area contributed by atoms with E-state index in [0.29, 0.717) is 18.8 Å². The summed E-state index contributed by atoms with van der Waals surface area (Å²) in [6.45, 7) is 1.40. The number of hydrogen-bond acceptors (Lipinski definition) is 4. The molecule has 1 aromatic carbocycles. The van der Waals surface area contributed by atoms with E-state index in [-0.39, 0.29) is 35.4 Å². The third-order valence-electron chi connectivity index (χ3n) is 6.69. The molecule has 168 valence electrons. The van der Waals surface area contributed by atoms with Crippen molar-refractivity contribution in [1.29, 1.82) is 0 Å². The van der Waals surface area contributed by atoms with Gasteiger partial charge in [-0.05, 0) is 61.8 Å². The van der Waals surface area contributed by atoms with Gasteiger partial charge < -0.3 is 15.2 Å². The van der Waals surface area contributed by atoms with Gasteiger partial charge in [-0.2, -0.15) is 0 Å². The minimum absolute atomic E-state index is 0.0642. The molecule has 0 unspecified atom stereocenters. The van der Waals surface area contributed by atoms with Crippen LogP contribution in [0, 0.1) is 5.41 Å². The maximum absolute atomic E-state index is 12.7. The fourth-order valence-corrected chi connectivity index (χ4v) is 5.77. The number of hydrogen-bond donors (Lipinski definition) is 2. The number of aromatic amines is 1. The van der Waals surface area contributed by atoms with Gasteiger partial charge in [0.2, 0.25) is 5.91 Å². The van der Waals surface area contributed by atoms with Crippen LogP contribution in [-0.2, 0) is 14.6 Å². The van der Waals surface area contributed by atoms with Crippen molar-refractivity contribution in [2.75, 3.05) is 25.1 Å². The molecule has 1 aliphatic heterocycles. The normalized spacial score (nSPS) is 24.1. The monoisotopic (exact) mass is 509 g/mol. The average molecular weight is 510 g/mol. The Hall–Kier alpha value is -1.87. The molecule has 7 nitrogen and oxygen atoms in total. The number of nitrogens with zero attached hydrogens (tertiary/aromatic N) is 1. The topological polar surface area (TPSA) is 99.3 Å². The minimum atomic E-state index is -3.13. The molecule has 2 aromatic rings. The molecule has 4 rings (SSSR count). The minimum Gasteiger partial charge on any atom is -0.351 e. The van der Waals surface area contributed by atoms with E-state index in [0.717, 1.165) is 53.7 Å². The number of benzene rings is 1. The molecular weight excluding hydrogens is 482 g/mol. The molecular formula is C22H28BrN3O4S. The van der Waals surface area contributed by atoms with Gasteiger partial charge in [-0.15, -0.1) is 0 Å². The highest BCUT2D eigenvalue weighted by molar-refractivity contribution is 9.10. The Labute approximate surface area is 191 Å². The molecule has 31 heavy (non-hydrogen) atoms. The second-order valence-electron chi connectivity index (χ2n) is 9.11. The predicted molar refractivity (Wildman–Crippen MR) is 124 cm³/mol. The number of halogens is 1. The summed E-state index contributed by atoms with van der Waals surface area (Å²) in [5.41, 5.74) is 1.61. The van der Waals surface area contributed by atoms with E-state index >= 15 is 0 Å². The molecule has 2 N–H and O–H groups in total. The lowest BCUT2D eigenvalue weighted by Gasteiger charge is -2.37. The first-order valence-corrected chi connectivity index (χ1v) is 13.5. The Morgan fingerprint density at radius 3 is 2.68 bits per heavy atom. The van der Waals surface area contributed by atoms with Crippen molar-refractivity contribution in [2.45, 2.75) is 44.6 Å². The SMILES string of the molecule is CS(=O)(=O)CCC(=O)N1CCC2(CCC(NC(=O)c3cc4cc(Br)ccc4[nH]3)CC2)C1. The molecule has 2 fully saturated rings. The highest BCUT2D eigenvalue weighted by Gasteiger charge is 2.42. The summed E-state index contributed by atoms with van der Waals surface area (Å²) in [6, 6.07) is 7.88. The molecule has 2 amide bonds. The molecule has 1 saturated carbocycles. The lowest BCUT2D eigenvalue weighted by Crippen LogP contribution is -2.42. The summed E-state index contributed by atoms with van der Waals surface area (Å²) in [4.78, 5) is 30.1. The highest BCUT2D eigenvalue weighted by Crippen LogP contribution is 2.44. The number of fused-ring (bicyclic) bond motifs is 1. The second kappa shape index (κ2) is 8.58. The van der Waals surface area contributed by atoms with Crippen molar-refractivity contribution < 1.29 is 18.0 Å². The Kier molecular flexibility index (Phi) is 6.18. The van der Waals surface area contributed by atoms with E-state index in [1.54, 1.807) is 0 Å². The van der Waals surface area contributed by atoms with Gasteiger partial charge >= 0.3 is 0 Å². The molecule has 1 spiro atoms. The van der Waals surface area contributed by atoms with Gasteiger partial charge in [0.15, 0.2) is 0 Å². The van der Waals surface area contributed by atoms with E-state index in [2.05, 4.69) is 26.2 Å². The number of likely N-dealkylation sites (tertiary alicyclic amines) is 1. The Morgan fingerprint density at radius 2 is 1.97 bits per heavy atom. The van der Waals surface area contributed by atoms with Crippen LogP contribution >= 0.6 is 15.9 Å². The number of nitrogens with one attached hydrogen (secondary N) is 2. The fourth-order valence-electron chi connectivity index (χ4n) is 4.85. The van der Waals surface area contributed by atoms with Gasteiger partial charge in [0.05, 0.1) is 5.75 Å². The van der Waals surface area contributed by atoms with Crippen LogP contribution < -0.4 is 5.32 Å². The van der Waals surface area contributed by atoms with Crippen LogP contribution in [0.2, 0.25) is 0 Å². The van der Waals surface area contributed by atoms with Crippen molar-refractivity contribution in [3.63, 3.8) is 0 Å². The third-order valence-corrected chi connectivity index (χ3v) is 8.13. The first-order valence-electron chi connectivity index (χ1n) is 10.7. The van der Waals surface area contributed by atoms with E-state index in [4.69, 9.17) is 0 Å². The van der Waals surface area contributed by atoms with Gasteiger partial charge in [0.25, 0.3) is 5.91 Å². The highest BCUT2D eigenvalue weighted by atomic mass is 79.9. The number of H-pyrrole nitrogens is 1. The predicted octanol–water partition coefficient (Wildman–Crippen LogP) is 3.26. The first kappa shape index (κ1) is 22.3. The van der Waals surface area contributed by atoms with Gasteiger partial charge in [-0.1, -0.05) is 15.9 Å². The molecule has 0 bridgehead atoms. The first-order chi connectivity index (χ1) is 14.6. The van der Waals surface area contributed by atoms with Crippen LogP contribution in [0.15, 0.2) is 28.7 Å². The lowest BCUT2D eigenvalue weighted by atomic mass is 9.72. The maximum atomic E-state index is 12.7. The zero-order valence-electron chi connectivity index (χ0n) is 17.6. The quantitative estimate of drug-likeness (QED) is 0.645. The molecule has 0 radical (unpaired) electrons. The summed E-state index contributed by atoms with van der Waals surface area (Å²) in [5.74, 6) is -0.242. The van der Waals surface area contributed by atoms with Gasteiger partial charge in [-0.25, -0.2) is 8.42 Å². The smallest absolute Gasteiger partial charge is 0.267 e. The molecule has 1 aliphatic carbocycles. The average Bonchev–Trinajstić information content (AvgIpc) is 3.32. The molecule has 2 heterocycles. The largest absolute Gasteiger partial charge is 0.351 e. The lowest BCUT2D eigenvalue weighted by molar-refractivity contribution is -0.130. The number of amides is 2. The molecule has 9 heteroatoms. The van der Waals surface area contributed by atoms with Crippen LogP contribution in [0.25, 0.3) is 10.9 Å². The third kappa shape index (κ3) is 5.31. The Balaban J connectivity index is 1.29. The summed E-state index contributed by atoms with van der Waals surface area (Å²) in [5, 5.41) is 4.15. The van der Waals surface area contributed by atoms with E-state index < -0.39 is 9.84 Å². The van der Waals surface area contributed by atoms with Crippen LogP contribution in [0.5, 0.6) is 0 Å². The van der Waals surface area contributed by atoms with Crippen LogP contribution in [0.4, 0.5) is 0 Å². The van der Waals surface area contributed by atoms with Crippen molar-refractivity contribution in [2.24, 2.45) is 5.41 Å². The van der Waals surface area contributed by atoms with Gasteiger partial charge in [0, 0.05) is 47.2 Å². The zero-order chi connectivity index (χ0) is 22.2. The number of aromatic nitrogens is 1. The standard InChI is InChI=1S/C22H28BrN3O4S/c1-31(29,30)11-6-20(27)26-10-9-22(14-26)7-4-17(5-8-22)24-21(28)19-13-15-12-16(23)2-3-18(15)25-19/h2-3,12-13,17,25H,4-11,14H2,1H3,(H,24,28). The second-order valence-corrected chi connectivity index (χ2v) is 12.3. The van der Waals surface area contributed by atoms with E-state index in [9.17, 15) is 18.0 Å². The van der Waals surface area contributed by atoms with Crippen molar-refractivity contribution in [3.8, 4) is 0 Å². The van der Waals surface area contributed by atoms with Gasteiger partial charge in [0.1, 0.15) is 15.5 Å². The number of sulfone groups is 1. The summed E-state index contributed by atoms with van der Waals surface area (Å²) in [6.07, 6.45) is 5.90. The molecule has 1 saturated heterocycles. The summed E-state index contributed by atoms with van der Waals surface area (Å²) < 4.78 is 23.6. The summed E-state index contributed by atoms with van der Waals surface area (Å²) >= 11 is 3.45.